The van der Waals surface area contributed by atoms with Gasteiger partial charge in [-0.2, -0.15) is 0 Å². The van der Waals surface area contributed by atoms with Crippen LogP contribution in [0, 0.1) is 0 Å². The van der Waals surface area contributed by atoms with E-state index in [0.717, 1.165) is 12.1 Å². The predicted molar refractivity (Wildman–Crippen MR) is 201 cm³/mol. The molecule has 3 saturated heterocycles. The quantitative estimate of drug-likeness (QED) is 0.180. The van der Waals surface area contributed by atoms with Crippen LogP contribution in [0.2, 0.25) is 0 Å². The second-order valence-corrected chi connectivity index (χ2v) is 16.3. The third kappa shape index (κ3) is 7.58. The standard InChI is InChI=1S/C42H53NO15/c1-8-42(51)17-30(21-13-23-24(14-22(21)36(42)41(50)52-7)38(49)35-28(46)10-9-27(45)34(35)37(23)48)56-32-15-25(43(5)6)39(19(3)54-32)58-33-16-29(47)40(20(4)55-33)57-31-12-11-26(44)18(2)53-31/h9-10,13-14,18-20,25,29-33,36,39-40,45-47,51H,8,11-12,15-17H2,1-7H3/t18-,19-,20-,25-,29-,30+,31-,32-,33-,36-,39+,40+,42-/m0/s1. The van der Waals surface area contributed by atoms with E-state index in [2.05, 4.69) is 0 Å². The van der Waals surface area contributed by atoms with Gasteiger partial charge in [0.1, 0.15) is 35.7 Å². The number of rotatable bonds is 9. The van der Waals surface area contributed by atoms with Crippen molar-refractivity contribution in [2.75, 3.05) is 21.2 Å². The molecule has 3 aliphatic heterocycles. The number of ether oxygens (including phenoxy) is 7. The normalized spacial score (nSPS) is 36.3. The highest BCUT2D eigenvalue weighted by Gasteiger charge is 2.52. The Labute approximate surface area is 336 Å². The van der Waals surface area contributed by atoms with E-state index in [1.54, 1.807) is 20.8 Å². The van der Waals surface area contributed by atoms with Gasteiger partial charge in [0.2, 0.25) is 0 Å². The molecule has 2 aliphatic carbocycles. The number of aliphatic hydroxyl groups excluding tert-OH is 1. The van der Waals surface area contributed by atoms with Crippen LogP contribution in [0.25, 0.3) is 0 Å². The Bertz CT molecular complexity index is 1940. The number of likely N-dealkylation sites (N-methyl/N-ethyl adjacent to an activating group) is 1. The van der Waals surface area contributed by atoms with E-state index in [0.29, 0.717) is 18.4 Å². The molecule has 7 rings (SSSR count). The van der Waals surface area contributed by atoms with Gasteiger partial charge in [-0.1, -0.05) is 6.92 Å². The molecule has 316 valence electrons. The molecule has 16 nitrogen and oxygen atoms in total. The largest absolute Gasteiger partial charge is 0.507 e. The summed E-state index contributed by atoms with van der Waals surface area (Å²) in [6, 6.07) is 4.80. The number of hydrogen-bond acceptors (Lipinski definition) is 16. The van der Waals surface area contributed by atoms with E-state index in [1.165, 1.54) is 19.2 Å². The van der Waals surface area contributed by atoms with Gasteiger partial charge in [0.05, 0.1) is 48.3 Å². The van der Waals surface area contributed by atoms with Crippen molar-refractivity contribution in [3.63, 3.8) is 0 Å². The molecular formula is C42H53NO15. The topological polar surface area (TPSA) is 217 Å². The molecule has 0 radical (unpaired) electrons. The van der Waals surface area contributed by atoms with Crippen molar-refractivity contribution in [1.29, 1.82) is 0 Å². The Balaban J connectivity index is 1.12. The van der Waals surface area contributed by atoms with Gasteiger partial charge in [0.15, 0.2) is 36.2 Å². The SMILES string of the molecule is CC[C@]1(O)C[C@@H](O[C@H]2C[C@H](N(C)C)[C@H](O[C@H]3C[C@H](O)[C@H](O[C@H]4CCC(=O)[C@H](C)O4)[C@H](C)O3)[C@H](C)O2)c2cc3c(cc2[C@H]1C(=O)OC)C(=O)c1c(O)ccc(O)c1C3=O. The zero-order valence-corrected chi connectivity index (χ0v) is 33.7. The molecule has 5 aliphatic rings. The van der Waals surface area contributed by atoms with Gasteiger partial charge in [-0.15, -0.1) is 0 Å². The van der Waals surface area contributed by atoms with Crippen molar-refractivity contribution in [3.8, 4) is 11.5 Å². The molecule has 2 aromatic carbocycles. The molecular weight excluding hydrogens is 758 g/mol. The fourth-order valence-electron chi connectivity index (χ4n) is 9.20. The Morgan fingerprint density at radius 2 is 1.41 bits per heavy atom. The number of hydrogen-bond donors (Lipinski definition) is 4. The number of fused-ring (bicyclic) bond motifs is 3. The number of phenols is 2. The molecule has 0 amide bonds. The molecule has 3 heterocycles. The van der Waals surface area contributed by atoms with Crippen LogP contribution in [0.15, 0.2) is 24.3 Å². The molecule has 58 heavy (non-hydrogen) atoms. The highest BCUT2D eigenvalue weighted by molar-refractivity contribution is 6.30. The maximum atomic E-state index is 13.9. The number of aliphatic hydroxyl groups is 2. The third-order valence-electron chi connectivity index (χ3n) is 12.4. The lowest BCUT2D eigenvalue weighted by atomic mass is 9.67. The smallest absolute Gasteiger partial charge is 0.316 e. The summed E-state index contributed by atoms with van der Waals surface area (Å²) < 4.78 is 42.8. The number of carbonyl (C=O) groups is 4. The number of methoxy groups -OCH3 is 1. The van der Waals surface area contributed by atoms with E-state index in [1.807, 2.05) is 25.9 Å². The van der Waals surface area contributed by atoms with Crippen molar-refractivity contribution in [3.05, 3.63) is 57.6 Å². The number of aromatic hydroxyl groups is 2. The van der Waals surface area contributed by atoms with Gasteiger partial charge in [-0.3, -0.25) is 19.2 Å². The monoisotopic (exact) mass is 811 g/mol. The molecule has 16 heteroatoms. The van der Waals surface area contributed by atoms with Gasteiger partial charge in [-0.05, 0) is 76.7 Å². The first kappa shape index (κ1) is 42.3. The summed E-state index contributed by atoms with van der Waals surface area (Å²) in [5, 5.41) is 44.4. The highest BCUT2D eigenvalue weighted by atomic mass is 16.7. The summed E-state index contributed by atoms with van der Waals surface area (Å²) in [6.07, 6.45) is -5.99. The van der Waals surface area contributed by atoms with Crippen LogP contribution < -0.4 is 0 Å². The molecule has 0 spiro atoms. The summed E-state index contributed by atoms with van der Waals surface area (Å²) in [6.45, 7) is 7.02. The number of benzene rings is 2. The maximum absolute atomic E-state index is 13.9. The number of ketones is 3. The zero-order chi connectivity index (χ0) is 42.0. The van der Waals surface area contributed by atoms with E-state index < -0.39 is 102 Å². The second kappa shape index (κ2) is 16.3. The summed E-state index contributed by atoms with van der Waals surface area (Å²) in [7, 11) is 4.98. The molecule has 13 atom stereocenters. The van der Waals surface area contributed by atoms with Crippen LogP contribution in [0.5, 0.6) is 11.5 Å². The van der Waals surface area contributed by atoms with Crippen LogP contribution in [0.1, 0.15) is 121 Å². The van der Waals surface area contributed by atoms with Gasteiger partial charge in [-0.25, -0.2) is 0 Å². The van der Waals surface area contributed by atoms with Gasteiger partial charge in [0.25, 0.3) is 0 Å². The van der Waals surface area contributed by atoms with E-state index >= 15 is 0 Å². The summed E-state index contributed by atoms with van der Waals surface area (Å²) in [5.74, 6) is -4.36. The van der Waals surface area contributed by atoms with Crippen LogP contribution in [0.3, 0.4) is 0 Å². The Morgan fingerprint density at radius 3 is 1.97 bits per heavy atom. The predicted octanol–water partition coefficient (Wildman–Crippen LogP) is 3.16. The second-order valence-electron chi connectivity index (χ2n) is 16.3. The molecule has 0 saturated carbocycles. The zero-order valence-electron chi connectivity index (χ0n) is 33.7. The number of phenolic OH excluding ortho intramolecular Hbond substituents is 2. The van der Waals surface area contributed by atoms with Crippen molar-refractivity contribution >= 4 is 23.3 Å². The number of carbonyl (C=O) groups excluding carboxylic acids is 4. The van der Waals surface area contributed by atoms with Crippen molar-refractivity contribution in [1.82, 2.24) is 4.90 Å². The minimum absolute atomic E-state index is 0.00981. The summed E-state index contributed by atoms with van der Waals surface area (Å²) >= 11 is 0. The molecule has 3 fully saturated rings. The molecule has 4 N–H and O–H groups in total. The van der Waals surface area contributed by atoms with E-state index in [9.17, 15) is 39.6 Å². The fraction of sp³-hybridized carbons (Fsp3) is 0.619. The van der Waals surface area contributed by atoms with Gasteiger partial charge in [0, 0.05) is 49.3 Å². The average molecular weight is 812 g/mol. The minimum atomic E-state index is -1.69. The minimum Gasteiger partial charge on any atom is -0.507 e. The lowest BCUT2D eigenvalue weighted by Crippen LogP contribution is -2.58. The van der Waals surface area contributed by atoms with Crippen LogP contribution >= 0.6 is 0 Å². The summed E-state index contributed by atoms with van der Waals surface area (Å²) in [4.78, 5) is 55.0. The fourth-order valence-corrected chi connectivity index (χ4v) is 9.20. The van der Waals surface area contributed by atoms with Gasteiger partial charge < -0.3 is 58.5 Å². The number of Topliss-reactive ketones (excluding diaryl/α,β-unsaturated/α-hetero) is 1. The van der Waals surface area contributed by atoms with Crippen molar-refractivity contribution in [2.24, 2.45) is 0 Å². The van der Waals surface area contributed by atoms with E-state index in [-0.39, 0.29) is 65.3 Å². The van der Waals surface area contributed by atoms with Crippen LogP contribution in [-0.2, 0) is 42.7 Å². The third-order valence-corrected chi connectivity index (χ3v) is 12.4. The van der Waals surface area contributed by atoms with Crippen molar-refractivity contribution < 1.29 is 72.8 Å². The molecule has 0 unspecified atom stereocenters. The first-order chi connectivity index (χ1) is 27.5. The number of nitrogens with zero attached hydrogens (tertiary/aromatic N) is 1. The average Bonchev–Trinajstić information content (AvgIpc) is 3.17. The first-order valence-electron chi connectivity index (χ1n) is 19.9. The summed E-state index contributed by atoms with van der Waals surface area (Å²) in [5.41, 5.74) is -1.94. The lowest BCUT2D eigenvalue weighted by molar-refractivity contribution is -0.324. The Morgan fingerprint density at radius 1 is 0.845 bits per heavy atom. The molecule has 2 aromatic rings. The Kier molecular flexibility index (Phi) is 11.9. The molecule has 0 aromatic heterocycles. The van der Waals surface area contributed by atoms with E-state index in [4.69, 9.17) is 33.2 Å². The molecule has 0 bridgehead atoms. The lowest BCUT2D eigenvalue weighted by Gasteiger charge is -2.48. The van der Waals surface area contributed by atoms with Crippen LogP contribution in [-0.4, -0.2) is 137 Å². The highest BCUT2D eigenvalue weighted by Crippen LogP contribution is 2.51. The number of esters is 1. The Hall–Kier alpha value is -3.84. The van der Waals surface area contributed by atoms with Crippen molar-refractivity contribution in [2.45, 2.75) is 145 Å². The first-order valence-corrected chi connectivity index (χ1v) is 19.9. The van der Waals surface area contributed by atoms with Gasteiger partial charge >= 0.3 is 5.97 Å². The maximum Gasteiger partial charge on any atom is 0.316 e. The van der Waals surface area contributed by atoms with Crippen LogP contribution in [0.4, 0.5) is 0 Å².